The Balaban J connectivity index is 1.85. The van der Waals surface area contributed by atoms with Crippen LogP contribution in [0, 0.1) is 20.8 Å². The van der Waals surface area contributed by atoms with E-state index >= 15 is 0 Å². The van der Waals surface area contributed by atoms with Crippen LogP contribution in [0.4, 0.5) is 17.3 Å². The molecule has 1 aromatic heterocycles. The molecule has 150 valence electrons. The number of carbonyl (C=O) groups excluding carboxylic acids is 1. The van der Waals surface area contributed by atoms with E-state index in [1.165, 1.54) is 16.2 Å². The molecule has 0 aliphatic heterocycles. The van der Waals surface area contributed by atoms with Crippen LogP contribution in [-0.2, 0) is 11.3 Å². The average molecular weight is 392 g/mol. The van der Waals surface area contributed by atoms with Gasteiger partial charge in [0.2, 0.25) is 11.9 Å². The van der Waals surface area contributed by atoms with Gasteiger partial charge in [-0.15, -0.1) is 0 Å². The maximum Gasteiger partial charge on any atom is 0.255 e. The maximum atomic E-state index is 12.6. The van der Waals surface area contributed by atoms with Gasteiger partial charge in [-0.3, -0.25) is 14.2 Å². The van der Waals surface area contributed by atoms with Crippen LogP contribution in [0.25, 0.3) is 0 Å². The van der Waals surface area contributed by atoms with E-state index in [9.17, 15) is 9.59 Å². The third kappa shape index (κ3) is 5.01. The average Bonchev–Trinajstić information content (AvgIpc) is 2.67. The van der Waals surface area contributed by atoms with Crippen LogP contribution in [0.1, 0.15) is 16.8 Å². The molecule has 2 aromatic carbocycles. The van der Waals surface area contributed by atoms with E-state index in [-0.39, 0.29) is 18.0 Å². The Hall–Kier alpha value is -3.61. The lowest BCUT2D eigenvalue weighted by molar-refractivity contribution is -0.116. The molecule has 0 fully saturated rings. The highest BCUT2D eigenvalue weighted by Gasteiger charge is 2.13. The topological polar surface area (TPSA) is 85.2 Å². The molecule has 0 unspecified atom stereocenters. The standard InChI is InChI=1S/C22H24N4O3/c1-14-8-9-18(10-15(14)2)25-22-23-16(3)11-21(28)26(22)13-20(27)24-17-6-5-7-19(12-17)29-4/h5-12H,13H2,1-4H3,(H,23,25)(H,24,27). The number of rotatable bonds is 6. The van der Waals surface area contributed by atoms with Crippen molar-refractivity contribution in [2.75, 3.05) is 17.7 Å². The van der Waals surface area contributed by atoms with E-state index in [1.807, 2.05) is 32.0 Å². The predicted octanol–water partition coefficient (Wildman–Crippen LogP) is 3.56. The Labute approximate surface area is 169 Å². The minimum Gasteiger partial charge on any atom is -0.497 e. The van der Waals surface area contributed by atoms with Crippen LogP contribution < -0.4 is 20.9 Å². The number of anilines is 3. The van der Waals surface area contributed by atoms with Crippen molar-refractivity contribution in [2.45, 2.75) is 27.3 Å². The molecule has 0 bridgehead atoms. The number of nitrogens with one attached hydrogen (secondary N) is 2. The Morgan fingerprint density at radius 2 is 1.83 bits per heavy atom. The normalized spacial score (nSPS) is 10.5. The molecule has 0 radical (unpaired) electrons. The molecule has 29 heavy (non-hydrogen) atoms. The van der Waals surface area contributed by atoms with Crippen molar-refractivity contribution in [1.29, 1.82) is 0 Å². The van der Waals surface area contributed by atoms with E-state index < -0.39 is 0 Å². The number of ether oxygens (including phenoxy) is 1. The summed E-state index contributed by atoms with van der Waals surface area (Å²) < 4.78 is 6.48. The summed E-state index contributed by atoms with van der Waals surface area (Å²) in [6, 6.07) is 14.3. The number of nitrogens with zero attached hydrogens (tertiary/aromatic N) is 2. The molecule has 0 spiro atoms. The maximum absolute atomic E-state index is 12.6. The zero-order valence-electron chi connectivity index (χ0n) is 16.9. The molecule has 3 aromatic rings. The first kappa shape index (κ1) is 20.1. The highest BCUT2D eigenvalue weighted by molar-refractivity contribution is 5.91. The molecule has 1 amide bonds. The number of aromatic nitrogens is 2. The zero-order chi connectivity index (χ0) is 21.0. The molecule has 2 N–H and O–H groups in total. The van der Waals surface area contributed by atoms with Gasteiger partial charge >= 0.3 is 0 Å². The van der Waals surface area contributed by atoms with Gasteiger partial charge in [0.25, 0.3) is 5.56 Å². The van der Waals surface area contributed by atoms with Crippen molar-refractivity contribution in [3.05, 3.63) is 75.7 Å². The Morgan fingerprint density at radius 3 is 2.55 bits per heavy atom. The van der Waals surface area contributed by atoms with Crippen LogP contribution in [0.2, 0.25) is 0 Å². The second-order valence-electron chi connectivity index (χ2n) is 6.85. The van der Waals surface area contributed by atoms with Crippen molar-refractivity contribution in [2.24, 2.45) is 0 Å². The predicted molar refractivity (Wildman–Crippen MR) is 114 cm³/mol. The smallest absolute Gasteiger partial charge is 0.255 e. The quantitative estimate of drug-likeness (QED) is 0.670. The third-order valence-electron chi connectivity index (χ3n) is 4.55. The minimum atomic E-state index is -0.339. The number of amides is 1. The molecule has 0 aliphatic carbocycles. The summed E-state index contributed by atoms with van der Waals surface area (Å²) in [5.41, 5.74) is 3.95. The number of carbonyl (C=O) groups is 1. The molecule has 1 heterocycles. The van der Waals surface area contributed by atoms with Crippen LogP contribution in [0.5, 0.6) is 5.75 Å². The Bertz CT molecular complexity index is 1110. The Kier molecular flexibility index (Phi) is 5.97. The van der Waals surface area contributed by atoms with Crippen LogP contribution >= 0.6 is 0 Å². The molecule has 0 saturated heterocycles. The summed E-state index contributed by atoms with van der Waals surface area (Å²) in [6.07, 6.45) is 0. The van der Waals surface area contributed by atoms with Gasteiger partial charge in [0.15, 0.2) is 0 Å². The first-order valence-electron chi connectivity index (χ1n) is 9.22. The molecule has 3 rings (SSSR count). The van der Waals surface area contributed by atoms with E-state index in [4.69, 9.17) is 4.74 Å². The largest absolute Gasteiger partial charge is 0.497 e. The lowest BCUT2D eigenvalue weighted by atomic mass is 10.1. The first-order valence-corrected chi connectivity index (χ1v) is 9.22. The minimum absolute atomic E-state index is 0.170. The lowest BCUT2D eigenvalue weighted by Gasteiger charge is -2.15. The second-order valence-corrected chi connectivity index (χ2v) is 6.85. The van der Waals surface area contributed by atoms with Crippen molar-refractivity contribution < 1.29 is 9.53 Å². The number of hydrogen-bond acceptors (Lipinski definition) is 5. The molecular formula is C22H24N4O3. The van der Waals surface area contributed by atoms with Crippen molar-refractivity contribution >= 4 is 23.2 Å². The van der Waals surface area contributed by atoms with E-state index in [2.05, 4.69) is 15.6 Å². The van der Waals surface area contributed by atoms with Gasteiger partial charge in [0.05, 0.1) is 7.11 Å². The molecule has 0 saturated carbocycles. The molecule has 0 aliphatic rings. The van der Waals surface area contributed by atoms with E-state index in [0.29, 0.717) is 23.1 Å². The molecular weight excluding hydrogens is 368 g/mol. The highest BCUT2D eigenvalue weighted by Crippen LogP contribution is 2.19. The number of hydrogen-bond donors (Lipinski definition) is 2. The Morgan fingerprint density at radius 1 is 1.03 bits per heavy atom. The van der Waals surface area contributed by atoms with Gasteiger partial charge in [-0.2, -0.15) is 0 Å². The van der Waals surface area contributed by atoms with Gasteiger partial charge in [-0.25, -0.2) is 4.98 Å². The fraction of sp³-hybridized carbons (Fsp3) is 0.227. The fourth-order valence-corrected chi connectivity index (χ4v) is 2.86. The van der Waals surface area contributed by atoms with E-state index in [0.717, 1.165) is 11.3 Å². The summed E-state index contributed by atoms with van der Waals surface area (Å²) in [6.45, 7) is 5.62. The number of aryl methyl sites for hydroxylation is 3. The zero-order valence-corrected chi connectivity index (χ0v) is 16.9. The van der Waals surface area contributed by atoms with Gasteiger partial charge in [-0.1, -0.05) is 12.1 Å². The van der Waals surface area contributed by atoms with Gasteiger partial charge in [0, 0.05) is 29.2 Å². The van der Waals surface area contributed by atoms with Crippen LogP contribution in [0.15, 0.2) is 53.3 Å². The SMILES string of the molecule is COc1cccc(NC(=O)Cn2c(Nc3ccc(C)c(C)c3)nc(C)cc2=O)c1. The summed E-state index contributed by atoms with van der Waals surface area (Å²) >= 11 is 0. The van der Waals surface area contributed by atoms with Gasteiger partial charge < -0.3 is 15.4 Å². The fourth-order valence-electron chi connectivity index (χ4n) is 2.86. The lowest BCUT2D eigenvalue weighted by Crippen LogP contribution is -2.30. The third-order valence-corrected chi connectivity index (χ3v) is 4.55. The van der Waals surface area contributed by atoms with Crippen LogP contribution in [0.3, 0.4) is 0 Å². The molecule has 7 nitrogen and oxygen atoms in total. The monoisotopic (exact) mass is 392 g/mol. The first-order chi connectivity index (χ1) is 13.9. The molecule has 0 atom stereocenters. The second kappa shape index (κ2) is 8.60. The summed E-state index contributed by atoms with van der Waals surface area (Å²) in [5.74, 6) is 0.613. The van der Waals surface area contributed by atoms with Crippen molar-refractivity contribution in [3.63, 3.8) is 0 Å². The summed E-state index contributed by atoms with van der Waals surface area (Å²) in [7, 11) is 1.56. The van der Waals surface area contributed by atoms with E-state index in [1.54, 1.807) is 38.3 Å². The van der Waals surface area contributed by atoms with Crippen molar-refractivity contribution in [3.8, 4) is 5.75 Å². The van der Waals surface area contributed by atoms with Crippen molar-refractivity contribution in [1.82, 2.24) is 9.55 Å². The van der Waals surface area contributed by atoms with Gasteiger partial charge in [0.1, 0.15) is 12.3 Å². The van der Waals surface area contributed by atoms with Crippen LogP contribution in [-0.4, -0.2) is 22.6 Å². The summed E-state index contributed by atoms with van der Waals surface area (Å²) in [5, 5.41) is 5.94. The number of methoxy groups -OCH3 is 1. The highest BCUT2D eigenvalue weighted by atomic mass is 16.5. The molecule has 7 heteroatoms. The summed E-state index contributed by atoms with van der Waals surface area (Å²) in [4.78, 5) is 29.5. The number of benzene rings is 2. The van der Waals surface area contributed by atoms with Gasteiger partial charge in [-0.05, 0) is 56.2 Å².